The minimum atomic E-state index is -0.367. The molecule has 3 rings (SSSR count). The van der Waals surface area contributed by atoms with Crippen LogP contribution in [-0.4, -0.2) is 29.9 Å². The first-order chi connectivity index (χ1) is 10.6. The Morgan fingerprint density at radius 1 is 1.35 bits per heavy atom. The van der Waals surface area contributed by atoms with Gasteiger partial charge in [-0.15, -0.1) is 12.4 Å². The van der Waals surface area contributed by atoms with E-state index in [1.807, 2.05) is 6.92 Å². The van der Waals surface area contributed by atoms with Crippen LogP contribution in [0, 0.1) is 11.7 Å². The van der Waals surface area contributed by atoms with Gasteiger partial charge in [0.15, 0.2) is 5.76 Å². The summed E-state index contributed by atoms with van der Waals surface area (Å²) in [6.07, 6.45) is 0.906. The summed E-state index contributed by atoms with van der Waals surface area (Å²) in [5, 5.41) is 0. The van der Waals surface area contributed by atoms with E-state index >= 15 is 0 Å². The second-order valence-corrected chi connectivity index (χ2v) is 5.79. The summed E-state index contributed by atoms with van der Waals surface area (Å²) in [7, 11) is 0. The maximum Gasteiger partial charge on any atom is 0.289 e. The van der Waals surface area contributed by atoms with Crippen molar-refractivity contribution in [3.8, 4) is 11.3 Å². The molecule has 1 aliphatic rings. The second kappa shape index (κ2) is 7.15. The molecule has 0 radical (unpaired) electrons. The minimum absolute atomic E-state index is 0. The molecule has 1 saturated heterocycles. The van der Waals surface area contributed by atoms with Gasteiger partial charge < -0.3 is 15.1 Å². The number of amides is 1. The van der Waals surface area contributed by atoms with Crippen molar-refractivity contribution in [2.75, 3.05) is 13.1 Å². The van der Waals surface area contributed by atoms with Crippen LogP contribution >= 0.6 is 12.4 Å². The number of hydrogen-bond acceptors (Lipinski definition) is 3. The Kier molecular flexibility index (Phi) is 5.44. The van der Waals surface area contributed by atoms with Gasteiger partial charge in [0.25, 0.3) is 5.91 Å². The van der Waals surface area contributed by atoms with Gasteiger partial charge in [-0.05, 0) is 50.1 Å². The lowest BCUT2D eigenvalue weighted by Gasteiger charge is -2.20. The first-order valence-corrected chi connectivity index (χ1v) is 7.46. The number of halogens is 2. The molecule has 2 N–H and O–H groups in total. The summed E-state index contributed by atoms with van der Waals surface area (Å²) in [5.74, 6) is 0.408. The van der Waals surface area contributed by atoms with E-state index < -0.39 is 0 Å². The average Bonchev–Trinajstić information content (AvgIpc) is 3.14. The lowest BCUT2D eigenvalue weighted by Crippen LogP contribution is -2.34. The number of furan rings is 1. The maximum absolute atomic E-state index is 13.8. The molecule has 1 amide bonds. The van der Waals surface area contributed by atoms with E-state index in [4.69, 9.17) is 10.2 Å². The van der Waals surface area contributed by atoms with Crippen molar-refractivity contribution < 1.29 is 13.6 Å². The lowest BCUT2D eigenvalue weighted by atomic mass is 10.1. The number of carbonyl (C=O) groups excluding carboxylic acids is 1. The van der Waals surface area contributed by atoms with Gasteiger partial charge in [-0.25, -0.2) is 4.39 Å². The molecule has 2 heterocycles. The van der Waals surface area contributed by atoms with Gasteiger partial charge in [0.1, 0.15) is 11.6 Å². The Bertz CT molecular complexity index is 689. The normalized spacial score (nSPS) is 20.4. The van der Waals surface area contributed by atoms with E-state index in [0.717, 1.165) is 6.42 Å². The Hall–Kier alpha value is -1.85. The fourth-order valence-electron chi connectivity index (χ4n) is 3.00. The van der Waals surface area contributed by atoms with Crippen molar-refractivity contribution >= 4 is 18.3 Å². The zero-order valence-electron chi connectivity index (χ0n) is 12.9. The highest BCUT2D eigenvalue weighted by atomic mass is 35.5. The fraction of sp³-hybridized carbons (Fsp3) is 0.353. The highest BCUT2D eigenvalue weighted by molar-refractivity contribution is 5.92. The van der Waals surface area contributed by atoms with E-state index in [1.165, 1.54) is 6.07 Å². The zero-order chi connectivity index (χ0) is 15.7. The molecule has 1 fully saturated rings. The van der Waals surface area contributed by atoms with Crippen molar-refractivity contribution in [3.63, 3.8) is 0 Å². The molecular formula is C17H20ClFN2O2. The molecule has 1 aromatic carbocycles. The van der Waals surface area contributed by atoms with Crippen LogP contribution in [0.25, 0.3) is 11.3 Å². The number of carbonyl (C=O) groups is 1. The molecule has 0 bridgehead atoms. The Labute approximate surface area is 140 Å². The molecule has 0 spiro atoms. The molecule has 23 heavy (non-hydrogen) atoms. The topological polar surface area (TPSA) is 59.5 Å². The van der Waals surface area contributed by atoms with Crippen LogP contribution in [0.15, 0.2) is 40.8 Å². The summed E-state index contributed by atoms with van der Waals surface area (Å²) in [6, 6.07) is 9.73. The van der Waals surface area contributed by atoms with E-state index in [9.17, 15) is 9.18 Å². The highest BCUT2D eigenvalue weighted by Crippen LogP contribution is 2.28. The number of likely N-dealkylation sites (tertiary alicyclic amines) is 1. The summed E-state index contributed by atoms with van der Waals surface area (Å²) < 4.78 is 19.4. The molecule has 6 heteroatoms. The minimum Gasteiger partial charge on any atom is -0.451 e. The van der Waals surface area contributed by atoms with Crippen LogP contribution in [0.3, 0.4) is 0 Å². The van der Waals surface area contributed by atoms with Gasteiger partial charge in [-0.2, -0.15) is 0 Å². The van der Waals surface area contributed by atoms with Gasteiger partial charge >= 0.3 is 0 Å². The molecular weight excluding hydrogens is 319 g/mol. The first-order valence-electron chi connectivity index (χ1n) is 7.46. The van der Waals surface area contributed by atoms with Crippen molar-refractivity contribution in [2.45, 2.75) is 19.4 Å². The molecule has 1 aliphatic heterocycles. The van der Waals surface area contributed by atoms with Crippen molar-refractivity contribution in [1.29, 1.82) is 0 Å². The predicted octanol–water partition coefficient (Wildman–Crippen LogP) is 3.32. The number of nitrogens with zero attached hydrogens (tertiary/aromatic N) is 1. The SMILES string of the molecule is CC1CC(CN)CN1C(=O)c1ccc(-c2ccccc2F)o1.Cl. The molecule has 0 saturated carbocycles. The summed E-state index contributed by atoms with van der Waals surface area (Å²) in [4.78, 5) is 14.3. The quantitative estimate of drug-likeness (QED) is 0.934. The third-order valence-electron chi connectivity index (χ3n) is 4.21. The fourth-order valence-corrected chi connectivity index (χ4v) is 3.00. The Morgan fingerprint density at radius 2 is 2.09 bits per heavy atom. The maximum atomic E-state index is 13.8. The van der Waals surface area contributed by atoms with E-state index in [1.54, 1.807) is 35.2 Å². The Morgan fingerprint density at radius 3 is 2.74 bits per heavy atom. The monoisotopic (exact) mass is 338 g/mol. The van der Waals surface area contributed by atoms with Crippen LogP contribution < -0.4 is 5.73 Å². The largest absolute Gasteiger partial charge is 0.451 e. The van der Waals surface area contributed by atoms with Gasteiger partial charge in [-0.1, -0.05) is 12.1 Å². The molecule has 124 valence electrons. The number of benzene rings is 1. The summed E-state index contributed by atoms with van der Waals surface area (Å²) in [5.41, 5.74) is 6.05. The molecule has 2 atom stereocenters. The highest BCUT2D eigenvalue weighted by Gasteiger charge is 2.33. The van der Waals surface area contributed by atoms with Crippen LogP contribution in [-0.2, 0) is 0 Å². The second-order valence-electron chi connectivity index (χ2n) is 5.79. The third-order valence-corrected chi connectivity index (χ3v) is 4.21. The molecule has 1 aromatic heterocycles. The van der Waals surface area contributed by atoms with E-state index in [-0.39, 0.29) is 35.9 Å². The van der Waals surface area contributed by atoms with E-state index in [0.29, 0.717) is 30.3 Å². The van der Waals surface area contributed by atoms with Crippen LogP contribution in [0.5, 0.6) is 0 Å². The number of hydrogen-bond donors (Lipinski definition) is 1. The number of rotatable bonds is 3. The van der Waals surface area contributed by atoms with Crippen molar-refractivity contribution in [2.24, 2.45) is 11.7 Å². The van der Waals surface area contributed by atoms with E-state index in [2.05, 4.69) is 0 Å². The first kappa shape index (κ1) is 17.5. The van der Waals surface area contributed by atoms with Crippen molar-refractivity contribution in [3.05, 3.63) is 48.0 Å². The van der Waals surface area contributed by atoms with Crippen LogP contribution in [0.4, 0.5) is 4.39 Å². The van der Waals surface area contributed by atoms with Crippen LogP contribution in [0.2, 0.25) is 0 Å². The van der Waals surface area contributed by atoms with Gasteiger partial charge in [0.05, 0.1) is 5.56 Å². The van der Waals surface area contributed by atoms with Gasteiger partial charge in [0, 0.05) is 12.6 Å². The van der Waals surface area contributed by atoms with Gasteiger partial charge in [0.2, 0.25) is 0 Å². The standard InChI is InChI=1S/C17H19FN2O2.ClH/c1-11-8-12(9-19)10-20(11)17(21)16-7-6-15(22-16)13-4-2-3-5-14(13)18;/h2-7,11-12H,8-10,19H2,1H3;1H. The van der Waals surface area contributed by atoms with Crippen LogP contribution in [0.1, 0.15) is 23.9 Å². The van der Waals surface area contributed by atoms with Gasteiger partial charge in [-0.3, -0.25) is 4.79 Å². The average molecular weight is 339 g/mol. The zero-order valence-corrected chi connectivity index (χ0v) is 13.7. The number of nitrogens with two attached hydrogens (primary N) is 1. The Balaban J connectivity index is 0.00000192. The smallest absolute Gasteiger partial charge is 0.289 e. The lowest BCUT2D eigenvalue weighted by molar-refractivity contribution is 0.0712. The molecule has 2 aromatic rings. The summed E-state index contributed by atoms with van der Waals surface area (Å²) in [6.45, 7) is 3.23. The third kappa shape index (κ3) is 3.41. The van der Waals surface area contributed by atoms with Crippen molar-refractivity contribution in [1.82, 2.24) is 4.90 Å². The molecule has 4 nitrogen and oxygen atoms in total. The molecule has 2 unspecified atom stereocenters. The predicted molar refractivity (Wildman–Crippen MR) is 89.0 cm³/mol. The summed E-state index contributed by atoms with van der Waals surface area (Å²) >= 11 is 0. The molecule has 0 aliphatic carbocycles.